The van der Waals surface area contributed by atoms with E-state index in [0.717, 1.165) is 40.9 Å². The molecule has 2 heterocycles. The fourth-order valence-electron chi connectivity index (χ4n) is 3.98. The van der Waals surface area contributed by atoms with E-state index in [0.29, 0.717) is 18.7 Å². The summed E-state index contributed by atoms with van der Waals surface area (Å²) in [5.41, 5.74) is 5.25. The normalized spacial score (nSPS) is 13.7. The molecular weight excluding hydrogens is 433 g/mol. The van der Waals surface area contributed by atoms with Gasteiger partial charge in [-0.3, -0.25) is 9.48 Å². The predicted octanol–water partition coefficient (Wildman–Crippen LogP) is 4.47. The highest BCUT2D eigenvalue weighted by atomic mass is 19.4. The highest BCUT2D eigenvalue weighted by molar-refractivity contribution is 6.00. The van der Waals surface area contributed by atoms with E-state index in [9.17, 15) is 18.0 Å². The number of alkyl halides is 3. The van der Waals surface area contributed by atoms with Crippen LogP contribution in [0.1, 0.15) is 27.0 Å². The number of aryl methyl sites for hydroxylation is 1. The van der Waals surface area contributed by atoms with Crippen LogP contribution in [0, 0.1) is 6.92 Å². The molecule has 0 N–H and O–H groups in total. The summed E-state index contributed by atoms with van der Waals surface area (Å²) in [4.78, 5) is 16.8. The second kappa shape index (κ2) is 8.90. The Bertz CT molecular complexity index is 1150. The van der Waals surface area contributed by atoms with Crippen molar-refractivity contribution in [3.05, 3.63) is 71.0 Å². The van der Waals surface area contributed by atoms with E-state index in [2.05, 4.69) is 14.7 Å². The van der Waals surface area contributed by atoms with Crippen LogP contribution in [0.4, 0.5) is 13.2 Å². The Kier molecular flexibility index (Phi) is 6.16. The molecular formula is C24H25F3N4O2. The van der Waals surface area contributed by atoms with Crippen LogP contribution in [0.3, 0.4) is 0 Å². The van der Waals surface area contributed by atoms with Crippen molar-refractivity contribution >= 4 is 5.91 Å². The number of nitrogens with zero attached hydrogens (tertiary/aromatic N) is 4. The number of ether oxygens (including phenoxy) is 1. The summed E-state index contributed by atoms with van der Waals surface area (Å²) in [5.74, 6) is -0.361. The second-order valence-corrected chi connectivity index (χ2v) is 8.48. The average molecular weight is 458 g/mol. The molecule has 3 aromatic rings. The fraction of sp³-hybridized carbons (Fsp3) is 0.333. The number of likely N-dealkylation sites (N-methyl/N-ethyl adjacent to an activating group) is 1. The highest BCUT2D eigenvalue weighted by Crippen LogP contribution is 2.32. The number of benzene rings is 2. The Morgan fingerprint density at radius 2 is 1.85 bits per heavy atom. The number of hydrogen-bond donors (Lipinski definition) is 0. The molecule has 0 saturated carbocycles. The first kappa shape index (κ1) is 22.8. The molecule has 1 amide bonds. The molecule has 1 aliphatic rings. The molecule has 2 aromatic carbocycles. The Balaban J connectivity index is 1.48. The number of aromatic nitrogens is 2. The summed E-state index contributed by atoms with van der Waals surface area (Å²) >= 11 is 0. The maximum atomic E-state index is 13.0. The molecule has 0 aliphatic carbocycles. The smallest absolute Gasteiger partial charge is 0.406 e. The Labute approximate surface area is 190 Å². The number of rotatable bonds is 7. The first-order valence-electron chi connectivity index (χ1n) is 10.5. The van der Waals surface area contributed by atoms with Crippen LogP contribution in [-0.2, 0) is 19.6 Å². The van der Waals surface area contributed by atoms with Gasteiger partial charge in [-0.25, -0.2) is 0 Å². The van der Waals surface area contributed by atoms with Crippen molar-refractivity contribution in [2.45, 2.75) is 32.9 Å². The van der Waals surface area contributed by atoms with Gasteiger partial charge in [0, 0.05) is 37.0 Å². The van der Waals surface area contributed by atoms with Crippen molar-refractivity contribution < 1.29 is 22.7 Å². The number of fused-ring (bicyclic) bond motifs is 1. The van der Waals surface area contributed by atoms with Gasteiger partial charge in [0.1, 0.15) is 5.75 Å². The zero-order chi connectivity index (χ0) is 23.8. The molecule has 0 unspecified atom stereocenters. The van der Waals surface area contributed by atoms with E-state index in [1.54, 1.807) is 4.90 Å². The van der Waals surface area contributed by atoms with Gasteiger partial charge in [0.2, 0.25) is 0 Å². The summed E-state index contributed by atoms with van der Waals surface area (Å²) in [5, 5.41) is 4.43. The highest BCUT2D eigenvalue weighted by Gasteiger charge is 2.32. The van der Waals surface area contributed by atoms with E-state index < -0.39 is 6.36 Å². The third-order valence-electron chi connectivity index (χ3n) is 5.55. The molecule has 0 saturated heterocycles. The molecule has 33 heavy (non-hydrogen) atoms. The van der Waals surface area contributed by atoms with Gasteiger partial charge in [-0.15, -0.1) is 13.2 Å². The maximum absolute atomic E-state index is 13.0. The summed E-state index contributed by atoms with van der Waals surface area (Å²) in [7, 11) is 4.03. The molecule has 1 aliphatic heterocycles. The van der Waals surface area contributed by atoms with Crippen molar-refractivity contribution in [1.29, 1.82) is 0 Å². The molecule has 0 bridgehead atoms. The van der Waals surface area contributed by atoms with Crippen LogP contribution in [0.25, 0.3) is 11.1 Å². The van der Waals surface area contributed by atoms with Crippen LogP contribution >= 0.6 is 0 Å². The summed E-state index contributed by atoms with van der Waals surface area (Å²) in [6.07, 6.45) is -0.897. The van der Waals surface area contributed by atoms with Crippen LogP contribution in [0.2, 0.25) is 0 Å². The van der Waals surface area contributed by atoms with Crippen LogP contribution < -0.4 is 4.74 Å². The average Bonchev–Trinajstić information content (AvgIpc) is 3.32. The van der Waals surface area contributed by atoms with E-state index in [1.807, 2.05) is 50.2 Å². The maximum Gasteiger partial charge on any atom is 0.573 e. The zero-order valence-corrected chi connectivity index (χ0v) is 18.7. The monoisotopic (exact) mass is 458 g/mol. The minimum Gasteiger partial charge on any atom is -0.406 e. The number of halogens is 3. The molecule has 0 atom stereocenters. The zero-order valence-electron chi connectivity index (χ0n) is 18.7. The lowest BCUT2D eigenvalue weighted by Crippen LogP contribution is -2.23. The standard InChI is InChI=1S/C24H25F3N4O2/c1-16-10-18(20-12-28-31(15-20)9-8-29(2)3)11-19-14-30(23(32)22(16)19)13-17-4-6-21(7-5-17)33-24(25,26)27/h4-7,10-12,15H,8-9,13-14H2,1-3H3. The van der Waals surface area contributed by atoms with Crippen molar-refractivity contribution in [1.82, 2.24) is 19.6 Å². The molecule has 4 rings (SSSR count). The van der Waals surface area contributed by atoms with Crippen molar-refractivity contribution in [2.75, 3.05) is 20.6 Å². The minimum atomic E-state index is -4.73. The van der Waals surface area contributed by atoms with Gasteiger partial charge >= 0.3 is 6.36 Å². The Morgan fingerprint density at radius 3 is 2.52 bits per heavy atom. The number of carbonyl (C=O) groups is 1. The number of amides is 1. The minimum absolute atomic E-state index is 0.0775. The van der Waals surface area contributed by atoms with Crippen molar-refractivity contribution in [3.8, 4) is 16.9 Å². The van der Waals surface area contributed by atoms with E-state index in [4.69, 9.17) is 0 Å². The van der Waals surface area contributed by atoms with Crippen LogP contribution in [0.15, 0.2) is 48.8 Å². The van der Waals surface area contributed by atoms with Crippen molar-refractivity contribution in [2.24, 2.45) is 0 Å². The van der Waals surface area contributed by atoms with E-state index in [1.165, 1.54) is 24.3 Å². The summed E-state index contributed by atoms with van der Waals surface area (Å²) < 4.78 is 42.9. The molecule has 1 aromatic heterocycles. The lowest BCUT2D eigenvalue weighted by Gasteiger charge is -2.16. The van der Waals surface area contributed by atoms with E-state index in [-0.39, 0.29) is 11.7 Å². The van der Waals surface area contributed by atoms with Gasteiger partial charge in [0.05, 0.1) is 12.7 Å². The Morgan fingerprint density at radius 1 is 1.12 bits per heavy atom. The second-order valence-electron chi connectivity index (χ2n) is 8.48. The molecule has 174 valence electrons. The largest absolute Gasteiger partial charge is 0.573 e. The molecule has 6 nitrogen and oxygen atoms in total. The molecule has 0 spiro atoms. The lowest BCUT2D eigenvalue weighted by atomic mass is 9.98. The van der Waals surface area contributed by atoms with Gasteiger partial charge in [-0.1, -0.05) is 18.2 Å². The van der Waals surface area contributed by atoms with Crippen LogP contribution in [-0.4, -0.2) is 52.5 Å². The Hall–Kier alpha value is -3.33. The summed E-state index contributed by atoms with van der Waals surface area (Å²) in [6, 6.07) is 9.61. The summed E-state index contributed by atoms with van der Waals surface area (Å²) in [6.45, 7) is 4.34. The van der Waals surface area contributed by atoms with E-state index >= 15 is 0 Å². The third kappa shape index (κ3) is 5.36. The first-order chi connectivity index (χ1) is 15.6. The topological polar surface area (TPSA) is 50.6 Å². The van der Waals surface area contributed by atoms with Gasteiger partial charge in [0.15, 0.2) is 0 Å². The third-order valence-corrected chi connectivity index (χ3v) is 5.55. The van der Waals surface area contributed by atoms with Crippen LogP contribution in [0.5, 0.6) is 5.75 Å². The lowest BCUT2D eigenvalue weighted by molar-refractivity contribution is -0.274. The van der Waals surface area contributed by atoms with Gasteiger partial charge in [0.25, 0.3) is 5.91 Å². The quantitative estimate of drug-likeness (QED) is 0.524. The number of hydrogen-bond acceptors (Lipinski definition) is 4. The first-order valence-corrected chi connectivity index (χ1v) is 10.5. The molecule has 9 heteroatoms. The molecule has 0 radical (unpaired) electrons. The van der Waals surface area contributed by atoms with Gasteiger partial charge < -0.3 is 14.5 Å². The van der Waals surface area contributed by atoms with Gasteiger partial charge in [-0.05, 0) is 61.5 Å². The number of carbonyl (C=O) groups excluding carboxylic acids is 1. The predicted molar refractivity (Wildman–Crippen MR) is 118 cm³/mol. The van der Waals surface area contributed by atoms with Gasteiger partial charge in [-0.2, -0.15) is 5.10 Å². The molecule has 0 fully saturated rings. The van der Waals surface area contributed by atoms with Crippen molar-refractivity contribution in [3.63, 3.8) is 0 Å². The SMILES string of the molecule is Cc1cc(-c2cnn(CCN(C)C)c2)cc2c1C(=O)N(Cc1ccc(OC(F)(F)F)cc1)C2. The fourth-order valence-corrected chi connectivity index (χ4v) is 3.98.